The van der Waals surface area contributed by atoms with Gasteiger partial charge in [0, 0.05) is 23.6 Å². The second kappa shape index (κ2) is 7.44. The Labute approximate surface area is 173 Å². The second-order valence-electron chi connectivity index (χ2n) is 7.21. The third-order valence-corrected chi connectivity index (χ3v) is 5.31. The van der Waals surface area contributed by atoms with E-state index >= 15 is 0 Å². The highest BCUT2D eigenvalue weighted by Crippen LogP contribution is 2.31. The molecule has 5 nitrogen and oxygen atoms in total. The van der Waals surface area contributed by atoms with Crippen LogP contribution in [0.5, 0.6) is 0 Å². The van der Waals surface area contributed by atoms with Crippen LogP contribution in [-0.2, 0) is 11.2 Å². The van der Waals surface area contributed by atoms with E-state index in [9.17, 15) is 9.59 Å². The van der Waals surface area contributed by atoms with Crippen LogP contribution in [0.2, 0.25) is 0 Å². The number of carbonyl (C=O) groups is 2. The fraction of sp³-hybridized carbons (Fsp3) is 0.0800. The molecule has 1 N–H and O–H groups in total. The minimum atomic E-state index is -0.364. The van der Waals surface area contributed by atoms with E-state index in [1.807, 2.05) is 60.7 Å². The van der Waals surface area contributed by atoms with Gasteiger partial charge >= 0.3 is 5.97 Å². The fourth-order valence-electron chi connectivity index (χ4n) is 3.80. The number of carbonyl (C=O) groups excluding carboxylic acids is 2. The summed E-state index contributed by atoms with van der Waals surface area (Å²) in [6.45, 7) is 0. The van der Waals surface area contributed by atoms with E-state index in [0.717, 1.165) is 22.0 Å². The molecule has 0 unspecified atom stereocenters. The van der Waals surface area contributed by atoms with E-state index in [1.165, 1.54) is 0 Å². The van der Waals surface area contributed by atoms with Gasteiger partial charge in [0.2, 0.25) is 0 Å². The van der Waals surface area contributed by atoms with Crippen LogP contribution in [0.25, 0.3) is 10.9 Å². The van der Waals surface area contributed by atoms with Gasteiger partial charge in [-0.3, -0.25) is 9.78 Å². The minimum absolute atomic E-state index is 0.232. The van der Waals surface area contributed by atoms with E-state index in [0.29, 0.717) is 23.2 Å². The Bertz CT molecular complexity index is 1260. The lowest BCUT2D eigenvalue weighted by atomic mass is 9.93. The summed E-state index contributed by atoms with van der Waals surface area (Å²) in [6.07, 6.45) is 1.90. The Morgan fingerprint density at radius 2 is 1.83 bits per heavy atom. The molecule has 3 aromatic carbocycles. The lowest BCUT2D eigenvalue weighted by Crippen LogP contribution is -2.23. The van der Waals surface area contributed by atoms with Crippen molar-refractivity contribution < 1.29 is 14.3 Å². The monoisotopic (exact) mass is 394 g/mol. The molecule has 1 atom stereocenters. The molecular formula is C25H18N2O3. The summed E-state index contributed by atoms with van der Waals surface area (Å²) in [5.41, 5.74) is 4.27. The summed E-state index contributed by atoms with van der Waals surface area (Å²) in [5, 5.41) is 3.84. The van der Waals surface area contributed by atoms with Gasteiger partial charge in [-0.25, -0.2) is 4.79 Å². The SMILES string of the molecule is O=C(Nc1cccc2ncccc12)c1ccc2c(c1)C[C@@H](c1ccccc1)OC2=O. The van der Waals surface area contributed by atoms with E-state index in [2.05, 4.69) is 10.3 Å². The topological polar surface area (TPSA) is 68.3 Å². The summed E-state index contributed by atoms with van der Waals surface area (Å²) in [6, 6.07) is 24.1. The van der Waals surface area contributed by atoms with Crippen molar-refractivity contribution in [2.45, 2.75) is 12.5 Å². The average Bonchev–Trinajstić information content (AvgIpc) is 2.79. The largest absolute Gasteiger partial charge is 0.454 e. The second-order valence-corrected chi connectivity index (χ2v) is 7.21. The lowest BCUT2D eigenvalue weighted by molar-refractivity contribution is 0.0252. The zero-order valence-electron chi connectivity index (χ0n) is 16.0. The summed E-state index contributed by atoms with van der Waals surface area (Å²) in [7, 11) is 0. The van der Waals surface area contributed by atoms with Crippen molar-refractivity contribution in [3.63, 3.8) is 0 Å². The summed E-state index contributed by atoms with van der Waals surface area (Å²) in [5.74, 6) is -0.596. The number of fused-ring (bicyclic) bond motifs is 2. The number of nitrogens with one attached hydrogen (secondary N) is 1. The van der Waals surface area contributed by atoms with Crippen LogP contribution in [0.4, 0.5) is 5.69 Å². The number of anilines is 1. The lowest BCUT2D eigenvalue weighted by Gasteiger charge is -2.25. The number of cyclic esters (lactones) is 1. The molecule has 30 heavy (non-hydrogen) atoms. The van der Waals surface area contributed by atoms with Crippen molar-refractivity contribution in [3.05, 3.63) is 107 Å². The zero-order valence-corrected chi connectivity index (χ0v) is 16.0. The molecule has 1 aliphatic rings. The average molecular weight is 394 g/mol. The maximum absolute atomic E-state index is 12.9. The fourth-order valence-corrected chi connectivity index (χ4v) is 3.80. The van der Waals surface area contributed by atoms with Crippen molar-refractivity contribution in [2.24, 2.45) is 0 Å². The van der Waals surface area contributed by atoms with E-state index < -0.39 is 0 Å². The summed E-state index contributed by atoms with van der Waals surface area (Å²) < 4.78 is 5.60. The maximum Gasteiger partial charge on any atom is 0.339 e. The smallest absolute Gasteiger partial charge is 0.339 e. The van der Waals surface area contributed by atoms with E-state index in [1.54, 1.807) is 24.4 Å². The number of ether oxygens (including phenoxy) is 1. The highest BCUT2D eigenvalue weighted by atomic mass is 16.5. The van der Waals surface area contributed by atoms with Crippen molar-refractivity contribution in [1.29, 1.82) is 0 Å². The molecule has 0 radical (unpaired) electrons. The number of hydrogen-bond acceptors (Lipinski definition) is 4. The van der Waals surface area contributed by atoms with Crippen LogP contribution in [-0.4, -0.2) is 16.9 Å². The number of aromatic nitrogens is 1. The van der Waals surface area contributed by atoms with Gasteiger partial charge in [-0.1, -0.05) is 36.4 Å². The normalized spacial score (nSPS) is 15.3. The van der Waals surface area contributed by atoms with Gasteiger partial charge in [0.1, 0.15) is 6.10 Å². The molecule has 146 valence electrons. The van der Waals surface area contributed by atoms with Crippen molar-refractivity contribution in [3.8, 4) is 0 Å². The van der Waals surface area contributed by atoms with Gasteiger partial charge in [-0.2, -0.15) is 0 Å². The molecule has 0 spiro atoms. The third-order valence-electron chi connectivity index (χ3n) is 5.31. The Hall–Kier alpha value is -3.99. The quantitative estimate of drug-likeness (QED) is 0.500. The van der Waals surface area contributed by atoms with Gasteiger partial charge in [0.05, 0.1) is 16.8 Å². The molecule has 2 heterocycles. The summed E-state index contributed by atoms with van der Waals surface area (Å²) >= 11 is 0. The number of benzene rings is 3. The molecule has 5 heteroatoms. The first-order chi connectivity index (χ1) is 14.7. The van der Waals surface area contributed by atoms with Gasteiger partial charge in [0.15, 0.2) is 0 Å². The molecule has 0 bridgehead atoms. The maximum atomic E-state index is 12.9. The Morgan fingerprint density at radius 1 is 0.967 bits per heavy atom. The van der Waals surface area contributed by atoms with Crippen LogP contribution >= 0.6 is 0 Å². The molecular weight excluding hydrogens is 376 g/mol. The van der Waals surface area contributed by atoms with Gasteiger partial charge in [-0.15, -0.1) is 0 Å². The minimum Gasteiger partial charge on any atom is -0.454 e. The van der Waals surface area contributed by atoms with Crippen molar-refractivity contribution in [1.82, 2.24) is 4.98 Å². The van der Waals surface area contributed by atoms with Gasteiger partial charge in [0.25, 0.3) is 5.91 Å². The Morgan fingerprint density at radius 3 is 2.70 bits per heavy atom. The number of nitrogens with zero attached hydrogens (tertiary/aromatic N) is 1. The standard InChI is InChI=1S/C25H18N2O3/c28-24(27-22-10-4-9-21-20(22)8-5-13-26-21)17-11-12-19-18(14-17)15-23(30-25(19)29)16-6-2-1-3-7-16/h1-14,23H,15H2,(H,27,28)/t23-/m0/s1. The highest BCUT2D eigenvalue weighted by molar-refractivity contribution is 6.09. The Balaban J connectivity index is 1.44. The molecule has 1 amide bonds. The van der Waals surface area contributed by atoms with Crippen LogP contribution in [0, 0.1) is 0 Å². The van der Waals surface area contributed by atoms with Crippen molar-refractivity contribution in [2.75, 3.05) is 5.32 Å². The number of rotatable bonds is 3. The molecule has 0 fully saturated rings. The first-order valence-corrected chi connectivity index (χ1v) is 9.73. The number of pyridine rings is 1. The first-order valence-electron chi connectivity index (χ1n) is 9.73. The molecule has 4 aromatic rings. The molecule has 1 aromatic heterocycles. The van der Waals surface area contributed by atoms with E-state index in [-0.39, 0.29) is 18.0 Å². The predicted molar refractivity (Wildman–Crippen MR) is 114 cm³/mol. The molecule has 0 aliphatic carbocycles. The highest BCUT2D eigenvalue weighted by Gasteiger charge is 2.28. The third kappa shape index (κ3) is 3.31. The zero-order chi connectivity index (χ0) is 20.5. The van der Waals surface area contributed by atoms with Crippen LogP contribution in [0.1, 0.15) is 37.9 Å². The number of esters is 1. The van der Waals surface area contributed by atoms with Crippen LogP contribution < -0.4 is 5.32 Å². The number of hydrogen-bond donors (Lipinski definition) is 1. The van der Waals surface area contributed by atoms with Gasteiger partial charge in [-0.05, 0) is 53.6 Å². The first kappa shape index (κ1) is 18.1. The van der Waals surface area contributed by atoms with Crippen LogP contribution in [0.3, 0.4) is 0 Å². The van der Waals surface area contributed by atoms with Crippen LogP contribution in [0.15, 0.2) is 85.1 Å². The molecule has 0 saturated carbocycles. The Kier molecular flexibility index (Phi) is 4.48. The van der Waals surface area contributed by atoms with Gasteiger partial charge < -0.3 is 10.1 Å². The molecule has 1 aliphatic heterocycles. The number of amides is 1. The van der Waals surface area contributed by atoms with Crippen molar-refractivity contribution >= 4 is 28.5 Å². The molecule has 5 rings (SSSR count). The predicted octanol–water partition coefficient (Wildman–Crippen LogP) is 4.94. The summed E-state index contributed by atoms with van der Waals surface area (Å²) in [4.78, 5) is 29.7. The van der Waals surface area contributed by atoms with E-state index in [4.69, 9.17) is 4.74 Å². The molecule has 0 saturated heterocycles.